The van der Waals surface area contributed by atoms with Crippen LogP contribution in [0.25, 0.3) is 17.0 Å². The van der Waals surface area contributed by atoms with Crippen LogP contribution >= 0.6 is 0 Å². The van der Waals surface area contributed by atoms with E-state index in [9.17, 15) is 9.18 Å². The third-order valence-corrected chi connectivity index (χ3v) is 4.45. The Morgan fingerprint density at radius 1 is 1.18 bits per heavy atom. The van der Waals surface area contributed by atoms with E-state index >= 15 is 0 Å². The summed E-state index contributed by atoms with van der Waals surface area (Å²) in [5.41, 5.74) is 3.37. The molecule has 7 heteroatoms. The Balaban J connectivity index is 1.62. The molecule has 0 unspecified atom stereocenters. The number of halogens is 1. The number of nitrogens with one attached hydrogen (secondary N) is 1. The Bertz CT molecular complexity index is 1190. The molecule has 28 heavy (non-hydrogen) atoms. The number of fused-ring (bicyclic) bond motifs is 1. The molecule has 1 N–H and O–H groups in total. The smallest absolute Gasteiger partial charge is 0.255 e. The largest absolute Gasteiger partial charge is 0.494 e. The number of aromatic nitrogens is 3. The molecule has 0 spiro atoms. The normalized spacial score (nSPS) is 10.8. The zero-order chi connectivity index (χ0) is 19.7. The van der Waals surface area contributed by atoms with Crippen LogP contribution in [0.1, 0.15) is 16.1 Å². The van der Waals surface area contributed by atoms with Gasteiger partial charge >= 0.3 is 0 Å². The van der Waals surface area contributed by atoms with Crippen LogP contribution in [0.2, 0.25) is 0 Å². The van der Waals surface area contributed by atoms with Crippen LogP contribution < -0.4 is 10.1 Å². The van der Waals surface area contributed by atoms with E-state index in [1.165, 1.54) is 19.2 Å². The monoisotopic (exact) mass is 376 g/mol. The average molecular weight is 376 g/mol. The van der Waals surface area contributed by atoms with Gasteiger partial charge in [-0.05, 0) is 43.3 Å². The molecule has 4 rings (SSSR count). The van der Waals surface area contributed by atoms with Crippen LogP contribution in [0.3, 0.4) is 0 Å². The number of hydrogen-bond donors (Lipinski definition) is 1. The lowest BCUT2D eigenvalue weighted by molar-refractivity contribution is 0.102. The van der Waals surface area contributed by atoms with Gasteiger partial charge in [0.25, 0.3) is 5.91 Å². The summed E-state index contributed by atoms with van der Waals surface area (Å²) in [5.74, 6) is -0.295. The summed E-state index contributed by atoms with van der Waals surface area (Å²) in [6, 6.07) is 13.3. The number of hydrogen-bond acceptors (Lipinski definition) is 4. The van der Waals surface area contributed by atoms with Gasteiger partial charge in [0.1, 0.15) is 0 Å². The van der Waals surface area contributed by atoms with E-state index in [1.807, 2.05) is 41.8 Å². The number of nitrogens with zero attached hydrogens (tertiary/aromatic N) is 3. The summed E-state index contributed by atoms with van der Waals surface area (Å²) in [7, 11) is 1.38. The molecule has 0 bridgehead atoms. The van der Waals surface area contributed by atoms with Crippen LogP contribution in [0, 0.1) is 12.7 Å². The number of aryl methyl sites for hydroxylation is 1. The van der Waals surface area contributed by atoms with Crippen molar-refractivity contribution < 1.29 is 13.9 Å². The van der Waals surface area contributed by atoms with Gasteiger partial charge in [-0.3, -0.25) is 9.20 Å². The number of carbonyl (C=O) groups is 1. The molecule has 0 saturated carbocycles. The number of rotatable bonds is 4. The molecule has 0 radical (unpaired) electrons. The predicted molar refractivity (Wildman–Crippen MR) is 104 cm³/mol. The van der Waals surface area contributed by atoms with Gasteiger partial charge in [0.05, 0.1) is 12.8 Å². The second-order valence-corrected chi connectivity index (χ2v) is 6.22. The van der Waals surface area contributed by atoms with Crippen LogP contribution in [-0.4, -0.2) is 27.4 Å². The SMILES string of the molecule is COc1ccc(C(=O)Nc2cccc(-c3nc4ncccn4c3C)c2)cc1F. The standard InChI is InChI=1S/C21H17FN4O2/c1-13-19(25-21-23-9-4-10-26(13)21)14-5-3-6-16(11-14)24-20(27)15-7-8-18(28-2)17(22)12-15/h3-12H,1-2H3,(H,24,27). The highest BCUT2D eigenvalue weighted by Gasteiger charge is 2.13. The number of ether oxygens (including phenoxy) is 1. The van der Waals surface area contributed by atoms with Gasteiger partial charge in [-0.25, -0.2) is 14.4 Å². The molecule has 6 nitrogen and oxygen atoms in total. The van der Waals surface area contributed by atoms with Crippen LogP contribution in [0.4, 0.5) is 10.1 Å². The molecule has 140 valence electrons. The number of amides is 1. The van der Waals surface area contributed by atoms with Crippen molar-refractivity contribution >= 4 is 17.4 Å². The van der Waals surface area contributed by atoms with Gasteiger partial charge in [-0.1, -0.05) is 12.1 Å². The lowest BCUT2D eigenvalue weighted by atomic mass is 10.1. The van der Waals surface area contributed by atoms with Crippen molar-refractivity contribution in [1.82, 2.24) is 14.4 Å². The maximum absolute atomic E-state index is 13.9. The predicted octanol–water partition coefficient (Wildman–Crippen LogP) is 4.10. The Morgan fingerprint density at radius 3 is 2.79 bits per heavy atom. The Kier molecular flexibility index (Phi) is 4.49. The number of benzene rings is 2. The third kappa shape index (κ3) is 3.18. The highest BCUT2D eigenvalue weighted by molar-refractivity contribution is 6.04. The minimum absolute atomic E-state index is 0.0921. The van der Waals surface area contributed by atoms with Crippen LogP contribution in [-0.2, 0) is 0 Å². The lowest BCUT2D eigenvalue weighted by Gasteiger charge is -2.08. The highest BCUT2D eigenvalue weighted by atomic mass is 19.1. The van der Waals surface area contributed by atoms with Gasteiger partial charge in [0.2, 0.25) is 5.78 Å². The van der Waals surface area contributed by atoms with E-state index in [0.717, 1.165) is 23.0 Å². The summed E-state index contributed by atoms with van der Waals surface area (Å²) in [6.45, 7) is 1.96. The summed E-state index contributed by atoms with van der Waals surface area (Å²) in [5, 5.41) is 2.79. The van der Waals surface area contributed by atoms with Crippen molar-refractivity contribution in [2.24, 2.45) is 0 Å². The van der Waals surface area contributed by atoms with Gasteiger partial charge < -0.3 is 10.1 Å². The fourth-order valence-electron chi connectivity index (χ4n) is 3.03. The molecule has 1 amide bonds. The van der Waals surface area contributed by atoms with Crippen molar-refractivity contribution in [3.63, 3.8) is 0 Å². The number of anilines is 1. The van der Waals surface area contributed by atoms with Crippen LogP contribution in [0.5, 0.6) is 5.75 Å². The van der Waals surface area contributed by atoms with Gasteiger partial charge in [0.15, 0.2) is 11.6 Å². The van der Waals surface area contributed by atoms with E-state index in [1.54, 1.807) is 12.3 Å². The maximum atomic E-state index is 13.9. The summed E-state index contributed by atoms with van der Waals surface area (Å²) in [4.78, 5) is 21.3. The number of methoxy groups -OCH3 is 1. The van der Waals surface area contributed by atoms with Crippen molar-refractivity contribution in [1.29, 1.82) is 0 Å². The quantitative estimate of drug-likeness (QED) is 0.582. The van der Waals surface area contributed by atoms with Gasteiger partial charge in [0, 0.05) is 34.9 Å². The Labute approximate surface area is 160 Å². The van der Waals surface area contributed by atoms with Crippen molar-refractivity contribution in [3.8, 4) is 17.0 Å². The molecule has 2 aromatic carbocycles. The van der Waals surface area contributed by atoms with Gasteiger partial charge in [-0.2, -0.15) is 0 Å². The van der Waals surface area contributed by atoms with E-state index in [2.05, 4.69) is 15.3 Å². The highest BCUT2D eigenvalue weighted by Crippen LogP contribution is 2.26. The zero-order valence-electron chi connectivity index (χ0n) is 15.3. The van der Waals surface area contributed by atoms with Crippen LogP contribution in [0.15, 0.2) is 60.9 Å². The fraction of sp³-hybridized carbons (Fsp3) is 0.0952. The fourth-order valence-corrected chi connectivity index (χ4v) is 3.03. The molecule has 0 saturated heterocycles. The summed E-state index contributed by atoms with van der Waals surface area (Å²) in [6.07, 6.45) is 3.59. The van der Waals surface area contributed by atoms with Crippen molar-refractivity contribution in [2.45, 2.75) is 6.92 Å². The molecule has 2 aromatic heterocycles. The molecule has 0 aliphatic rings. The first kappa shape index (κ1) is 17.7. The molecule has 2 heterocycles. The molecule has 4 aromatic rings. The second kappa shape index (κ2) is 7.11. The molecule has 0 atom stereocenters. The molecule has 0 aliphatic carbocycles. The Morgan fingerprint density at radius 2 is 2.04 bits per heavy atom. The first-order valence-electron chi connectivity index (χ1n) is 8.62. The maximum Gasteiger partial charge on any atom is 0.255 e. The number of imidazole rings is 1. The minimum atomic E-state index is -0.586. The molecular formula is C21H17FN4O2. The van der Waals surface area contributed by atoms with Crippen molar-refractivity contribution in [3.05, 3.63) is 78.0 Å². The van der Waals surface area contributed by atoms with E-state index in [-0.39, 0.29) is 11.3 Å². The molecule has 0 fully saturated rings. The van der Waals surface area contributed by atoms with E-state index in [0.29, 0.717) is 11.5 Å². The first-order valence-corrected chi connectivity index (χ1v) is 8.62. The van der Waals surface area contributed by atoms with E-state index < -0.39 is 11.7 Å². The summed E-state index contributed by atoms with van der Waals surface area (Å²) >= 11 is 0. The second-order valence-electron chi connectivity index (χ2n) is 6.22. The zero-order valence-corrected chi connectivity index (χ0v) is 15.3. The third-order valence-electron chi connectivity index (χ3n) is 4.45. The topological polar surface area (TPSA) is 68.5 Å². The van der Waals surface area contributed by atoms with Crippen molar-refractivity contribution in [2.75, 3.05) is 12.4 Å². The molecule has 0 aliphatic heterocycles. The molecular weight excluding hydrogens is 359 g/mol. The number of carbonyl (C=O) groups excluding carboxylic acids is 1. The van der Waals surface area contributed by atoms with E-state index in [4.69, 9.17) is 4.74 Å². The first-order chi connectivity index (χ1) is 13.6. The minimum Gasteiger partial charge on any atom is -0.494 e. The Hall–Kier alpha value is -3.74. The summed E-state index contributed by atoms with van der Waals surface area (Å²) < 4.78 is 20.6. The van der Waals surface area contributed by atoms with Gasteiger partial charge in [-0.15, -0.1) is 0 Å². The lowest BCUT2D eigenvalue weighted by Crippen LogP contribution is -2.12. The average Bonchev–Trinajstić information content (AvgIpc) is 3.05.